The molecule has 0 saturated heterocycles. The van der Waals surface area contributed by atoms with Gasteiger partial charge in [0.05, 0.1) is 6.07 Å². The van der Waals surface area contributed by atoms with Gasteiger partial charge in [-0.1, -0.05) is 18.2 Å². The number of hydrogen-bond donors (Lipinski definition) is 1. The third-order valence-electron chi connectivity index (χ3n) is 2.48. The summed E-state index contributed by atoms with van der Waals surface area (Å²) in [5, 5.41) is 13.1. The van der Waals surface area contributed by atoms with Crippen LogP contribution in [0.2, 0.25) is 0 Å². The Morgan fingerprint density at radius 1 is 1.40 bits per heavy atom. The average molecular weight is 199 g/mol. The van der Waals surface area contributed by atoms with E-state index in [2.05, 4.69) is 17.5 Å². The van der Waals surface area contributed by atoms with Crippen LogP contribution in [-0.2, 0) is 13.1 Å². The largest absolute Gasteiger partial charge is 0.333 e. The number of hydrogen-bond acceptors (Lipinski definition) is 2. The van der Waals surface area contributed by atoms with Crippen LogP contribution in [0.1, 0.15) is 5.56 Å². The second-order valence-electron chi connectivity index (χ2n) is 3.49. The van der Waals surface area contributed by atoms with E-state index in [1.807, 2.05) is 36.0 Å². The van der Waals surface area contributed by atoms with Gasteiger partial charge in [0.25, 0.3) is 0 Å². The van der Waals surface area contributed by atoms with Crippen molar-refractivity contribution in [3.05, 3.63) is 36.0 Å². The van der Waals surface area contributed by atoms with Crippen LogP contribution < -0.4 is 5.32 Å². The molecule has 1 aromatic carbocycles. The van der Waals surface area contributed by atoms with E-state index in [0.29, 0.717) is 6.54 Å². The molecule has 1 heterocycles. The Morgan fingerprint density at radius 3 is 2.93 bits per heavy atom. The normalized spacial score (nSPS) is 10.4. The topological polar surface area (TPSA) is 40.8 Å². The van der Waals surface area contributed by atoms with E-state index in [1.165, 1.54) is 10.9 Å². The second-order valence-corrected chi connectivity index (χ2v) is 3.49. The van der Waals surface area contributed by atoms with Gasteiger partial charge in [-0.25, -0.2) is 0 Å². The molecule has 15 heavy (non-hydrogen) atoms. The minimum absolute atomic E-state index is 0.407. The van der Waals surface area contributed by atoms with Gasteiger partial charge in [-0.15, -0.1) is 0 Å². The highest BCUT2D eigenvalue weighted by molar-refractivity contribution is 5.84. The molecule has 1 aromatic heterocycles. The summed E-state index contributed by atoms with van der Waals surface area (Å²) >= 11 is 0. The van der Waals surface area contributed by atoms with Gasteiger partial charge in [0.15, 0.2) is 0 Å². The first-order chi connectivity index (χ1) is 7.36. The molecule has 0 radical (unpaired) electrons. The molecule has 0 saturated carbocycles. The number of para-hydroxylation sites is 1. The smallest absolute Gasteiger partial charge is 0.110 e. The van der Waals surface area contributed by atoms with Crippen molar-refractivity contribution in [3.63, 3.8) is 0 Å². The summed E-state index contributed by atoms with van der Waals surface area (Å²) in [5.41, 5.74) is 2.37. The van der Waals surface area contributed by atoms with Crippen LogP contribution in [0, 0.1) is 11.3 Å². The summed E-state index contributed by atoms with van der Waals surface area (Å²) < 4.78 is 1.99. The summed E-state index contributed by atoms with van der Waals surface area (Å²) in [4.78, 5) is 0. The van der Waals surface area contributed by atoms with Crippen LogP contribution >= 0.6 is 0 Å². The molecule has 0 amide bonds. The van der Waals surface area contributed by atoms with Crippen LogP contribution in [0.25, 0.3) is 10.9 Å². The lowest BCUT2D eigenvalue weighted by Crippen LogP contribution is -2.04. The molecule has 0 bridgehead atoms. The highest BCUT2D eigenvalue weighted by Crippen LogP contribution is 2.20. The van der Waals surface area contributed by atoms with Crippen LogP contribution in [-0.4, -0.2) is 11.6 Å². The molecule has 76 valence electrons. The zero-order chi connectivity index (χ0) is 10.7. The summed E-state index contributed by atoms with van der Waals surface area (Å²) in [7, 11) is 1.93. The summed E-state index contributed by atoms with van der Waals surface area (Å²) in [6.45, 7) is 1.24. The van der Waals surface area contributed by atoms with Crippen molar-refractivity contribution >= 4 is 10.9 Å². The van der Waals surface area contributed by atoms with E-state index in [1.54, 1.807) is 0 Å². The number of rotatable bonds is 3. The lowest BCUT2D eigenvalue weighted by Gasteiger charge is -1.96. The van der Waals surface area contributed by atoms with Crippen molar-refractivity contribution in [2.24, 2.45) is 0 Å². The van der Waals surface area contributed by atoms with Crippen molar-refractivity contribution in [2.45, 2.75) is 13.1 Å². The number of nitriles is 1. The predicted molar refractivity (Wildman–Crippen MR) is 60.3 cm³/mol. The van der Waals surface area contributed by atoms with Crippen molar-refractivity contribution in [2.75, 3.05) is 7.05 Å². The lowest BCUT2D eigenvalue weighted by molar-refractivity contribution is 0.806. The van der Waals surface area contributed by atoms with Crippen LogP contribution in [0.3, 0.4) is 0 Å². The van der Waals surface area contributed by atoms with E-state index in [0.717, 1.165) is 12.1 Å². The summed E-state index contributed by atoms with van der Waals surface area (Å²) in [6.07, 6.45) is 2.05. The number of aromatic nitrogens is 1. The van der Waals surface area contributed by atoms with Gasteiger partial charge in [-0.05, 0) is 18.7 Å². The predicted octanol–water partition coefficient (Wildman–Crippen LogP) is 1.88. The summed E-state index contributed by atoms with van der Waals surface area (Å²) in [6, 6.07) is 10.3. The molecule has 0 aliphatic carbocycles. The Kier molecular flexibility index (Phi) is 2.70. The summed E-state index contributed by atoms with van der Waals surface area (Å²) in [5.74, 6) is 0. The van der Waals surface area contributed by atoms with Gasteiger partial charge in [-0.2, -0.15) is 5.26 Å². The molecule has 0 fully saturated rings. The molecule has 0 spiro atoms. The SMILES string of the molecule is CNCc1cn(CC#N)c2ccccc12. The Balaban J connectivity index is 2.58. The molecule has 1 N–H and O–H groups in total. The first-order valence-corrected chi connectivity index (χ1v) is 4.95. The number of fused-ring (bicyclic) bond motifs is 1. The van der Waals surface area contributed by atoms with Crippen molar-refractivity contribution < 1.29 is 0 Å². The molecular weight excluding hydrogens is 186 g/mol. The average Bonchev–Trinajstić information content (AvgIpc) is 2.59. The zero-order valence-corrected chi connectivity index (χ0v) is 8.70. The first kappa shape index (κ1) is 9.75. The van der Waals surface area contributed by atoms with E-state index in [-0.39, 0.29) is 0 Å². The van der Waals surface area contributed by atoms with E-state index < -0.39 is 0 Å². The zero-order valence-electron chi connectivity index (χ0n) is 8.70. The van der Waals surface area contributed by atoms with Crippen molar-refractivity contribution in [1.29, 1.82) is 5.26 Å². The van der Waals surface area contributed by atoms with Gasteiger partial charge in [0, 0.05) is 23.6 Å². The molecule has 0 unspecified atom stereocenters. The van der Waals surface area contributed by atoms with Crippen molar-refractivity contribution in [3.8, 4) is 6.07 Å². The molecule has 2 aromatic rings. The van der Waals surface area contributed by atoms with Gasteiger partial charge in [0.1, 0.15) is 6.54 Å². The first-order valence-electron chi connectivity index (χ1n) is 4.95. The maximum absolute atomic E-state index is 8.73. The Bertz CT molecular complexity index is 505. The maximum atomic E-state index is 8.73. The van der Waals surface area contributed by atoms with E-state index in [9.17, 15) is 0 Å². The Morgan fingerprint density at radius 2 is 2.20 bits per heavy atom. The molecule has 2 rings (SSSR count). The lowest BCUT2D eigenvalue weighted by atomic mass is 10.2. The van der Waals surface area contributed by atoms with Gasteiger partial charge >= 0.3 is 0 Å². The molecular formula is C12H13N3. The highest BCUT2D eigenvalue weighted by atomic mass is 15.0. The minimum atomic E-state index is 0.407. The molecule has 0 aliphatic rings. The quantitative estimate of drug-likeness (QED) is 0.820. The van der Waals surface area contributed by atoms with Gasteiger partial charge < -0.3 is 9.88 Å². The van der Waals surface area contributed by atoms with Gasteiger partial charge in [0.2, 0.25) is 0 Å². The fourth-order valence-electron chi connectivity index (χ4n) is 1.86. The fraction of sp³-hybridized carbons (Fsp3) is 0.250. The molecule has 0 atom stereocenters. The van der Waals surface area contributed by atoms with Gasteiger partial charge in [-0.3, -0.25) is 0 Å². The molecule has 3 nitrogen and oxygen atoms in total. The second kappa shape index (κ2) is 4.16. The number of nitrogens with zero attached hydrogens (tertiary/aromatic N) is 2. The Labute approximate surface area is 88.9 Å². The standard InChI is InChI=1S/C12H13N3/c1-14-8-10-9-15(7-6-13)12-5-3-2-4-11(10)12/h2-5,9,14H,7-8H2,1H3. The third-order valence-corrected chi connectivity index (χ3v) is 2.48. The van der Waals surface area contributed by atoms with E-state index in [4.69, 9.17) is 5.26 Å². The number of benzene rings is 1. The molecule has 0 aliphatic heterocycles. The van der Waals surface area contributed by atoms with Crippen LogP contribution in [0.5, 0.6) is 0 Å². The van der Waals surface area contributed by atoms with Crippen LogP contribution in [0.15, 0.2) is 30.5 Å². The Hall–Kier alpha value is -1.79. The van der Waals surface area contributed by atoms with Crippen LogP contribution in [0.4, 0.5) is 0 Å². The fourth-order valence-corrected chi connectivity index (χ4v) is 1.86. The highest BCUT2D eigenvalue weighted by Gasteiger charge is 2.06. The third kappa shape index (κ3) is 1.72. The van der Waals surface area contributed by atoms with Crippen molar-refractivity contribution in [1.82, 2.24) is 9.88 Å². The molecule has 3 heteroatoms. The number of nitrogens with one attached hydrogen (secondary N) is 1. The minimum Gasteiger partial charge on any atom is -0.333 e. The monoisotopic (exact) mass is 199 g/mol. The van der Waals surface area contributed by atoms with E-state index >= 15 is 0 Å². The maximum Gasteiger partial charge on any atom is 0.110 e.